The number of carbonyl (C=O) groups excluding carboxylic acids is 1. The molecule has 4 rings (SSSR count). The van der Waals surface area contributed by atoms with Crippen LogP contribution in [0.3, 0.4) is 0 Å². The number of benzene rings is 2. The van der Waals surface area contributed by atoms with Gasteiger partial charge in [0.1, 0.15) is 23.2 Å². The van der Waals surface area contributed by atoms with Crippen molar-refractivity contribution in [3.05, 3.63) is 65.9 Å². The predicted octanol–water partition coefficient (Wildman–Crippen LogP) is 3.73. The molecule has 132 valence electrons. The molecule has 0 radical (unpaired) electrons. The first-order valence-corrected chi connectivity index (χ1v) is 8.45. The van der Waals surface area contributed by atoms with Crippen molar-refractivity contribution in [1.82, 2.24) is 9.78 Å². The van der Waals surface area contributed by atoms with Crippen LogP contribution in [0.2, 0.25) is 0 Å². The van der Waals surface area contributed by atoms with E-state index in [0.717, 1.165) is 22.8 Å². The lowest BCUT2D eigenvalue weighted by Crippen LogP contribution is -2.25. The summed E-state index contributed by atoms with van der Waals surface area (Å²) in [6.45, 7) is 1.87. The lowest BCUT2D eigenvalue weighted by molar-refractivity contribution is 0.0301. The number of cyclic esters (lactones) is 1. The van der Waals surface area contributed by atoms with Crippen molar-refractivity contribution in [3.63, 3.8) is 0 Å². The lowest BCUT2D eigenvalue weighted by Gasteiger charge is -2.18. The Labute approximate surface area is 151 Å². The summed E-state index contributed by atoms with van der Waals surface area (Å²) in [4.78, 5) is 12.5. The number of ether oxygens (including phenoxy) is 2. The summed E-state index contributed by atoms with van der Waals surface area (Å²) in [5.41, 5.74) is 2.93. The molecule has 0 fully saturated rings. The second kappa shape index (κ2) is 6.55. The maximum atomic E-state index is 12.5. The Hall–Kier alpha value is -3.28. The Bertz CT molecular complexity index is 933. The van der Waals surface area contributed by atoms with Gasteiger partial charge in [0.15, 0.2) is 0 Å². The average molecular weight is 349 g/mol. The molecule has 0 saturated carbocycles. The number of para-hydroxylation sites is 1. The number of aromatic nitrogens is 2. The van der Waals surface area contributed by atoms with Gasteiger partial charge in [0.25, 0.3) is 0 Å². The van der Waals surface area contributed by atoms with Crippen molar-refractivity contribution in [2.75, 3.05) is 12.4 Å². The fourth-order valence-corrected chi connectivity index (χ4v) is 3.06. The number of methoxy groups -OCH3 is 1. The Morgan fingerprint density at radius 2 is 1.88 bits per heavy atom. The van der Waals surface area contributed by atoms with Gasteiger partial charge in [-0.1, -0.05) is 18.2 Å². The van der Waals surface area contributed by atoms with Crippen molar-refractivity contribution >= 4 is 17.5 Å². The van der Waals surface area contributed by atoms with E-state index in [-0.39, 0.29) is 12.1 Å². The molecule has 0 spiro atoms. The molecule has 1 aliphatic rings. The normalized spacial score (nSPS) is 15.9. The van der Waals surface area contributed by atoms with Crippen molar-refractivity contribution in [3.8, 4) is 11.4 Å². The highest BCUT2D eigenvalue weighted by Gasteiger charge is 2.32. The van der Waals surface area contributed by atoms with Gasteiger partial charge in [-0.15, -0.1) is 0 Å². The minimum Gasteiger partial charge on any atom is -0.497 e. The third-order valence-corrected chi connectivity index (χ3v) is 4.30. The van der Waals surface area contributed by atoms with E-state index < -0.39 is 0 Å². The number of nitrogens with one attached hydrogen (secondary N) is 1. The van der Waals surface area contributed by atoms with Crippen LogP contribution in [0.4, 0.5) is 11.5 Å². The number of anilines is 2. The Morgan fingerprint density at radius 3 is 2.58 bits per heavy atom. The van der Waals surface area contributed by atoms with Gasteiger partial charge in [-0.05, 0) is 43.3 Å². The van der Waals surface area contributed by atoms with Gasteiger partial charge in [-0.2, -0.15) is 5.10 Å². The van der Waals surface area contributed by atoms with Crippen LogP contribution in [0.25, 0.3) is 5.69 Å². The molecule has 6 heteroatoms. The highest BCUT2D eigenvalue weighted by atomic mass is 16.5. The van der Waals surface area contributed by atoms with Crippen LogP contribution in [-0.4, -0.2) is 29.0 Å². The summed E-state index contributed by atoms with van der Waals surface area (Å²) in [6, 6.07) is 17.2. The molecule has 2 aromatic carbocycles. The zero-order chi connectivity index (χ0) is 18.1. The monoisotopic (exact) mass is 349 g/mol. The number of fused-ring (bicyclic) bond motifs is 1. The zero-order valence-corrected chi connectivity index (χ0v) is 14.6. The van der Waals surface area contributed by atoms with Gasteiger partial charge in [0, 0.05) is 12.1 Å². The van der Waals surface area contributed by atoms with Crippen LogP contribution in [-0.2, 0) is 11.2 Å². The molecule has 1 unspecified atom stereocenters. The largest absolute Gasteiger partial charge is 0.497 e. The second-order valence-electron chi connectivity index (χ2n) is 6.19. The van der Waals surface area contributed by atoms with Gasteiger partial charge in [-0.25, -0.2) is 9.48 Å². The quantitative estimate of drug-likeness (QED) is 0.727. The van der Waals surface area contributed by atoms with E-state index in [1.54, 1.807) is 11.8 Å². The molecule has 1 atom stereocenters. The number of esters is 1. The summed E-state index contributed by atoms with van der Waals surface area (Å²) < 4.78 is 12.4. The fourth-order valence-electron chi connectivity index (χ4n) is 3.06. The highest BCUT2D eigenvalue weighted by molar-refractivity contribution is 5.98. The SMILES string of the molecule is COc1ccc(-n2nc3c(c2Nc2ccccc2)C(=O)OC(C)C3)cc1. The lowest BCUT2D eigenvalue weighted by atomic mass is 10.1. The minimum atomic E-state index is -0.350. The standard InChI is InChI=1S/C20H19N3O3/c1-13-12-17-18(20(24)26-13)19(21-14-6-4-3-5-7-14)23(22-17)15-8-10-16(25-2)11-9-15/h3-11,13,21H,12H2,1-2H3. The first-order chi connectivity index (χ1) is 12.7. The molecular weight excluding hydrogens is 330 g/mol. The van der Waals surface area contributed by atoms with Crippen molar-refractivity contribution in [2.45, 2.75) is 19.4 Å². The smallest absolute Gasteiger partial charge is 0.344 e. The Kier molecular flexibility index (Phi) is 4.08. The van der Waals surface area contributed by atoms with E-state index in [9.17, 15) is 4.79 Å². The third kappa shape index (κ3) is 2.90. The first kappa shape index (κ1) is 16.2. The summed E-state index contributed by atoms with van der Waals surface area (Å²) in [6.07, 6.45) is 0.409. The maximum Gasteiger partial charge on any atom is 0.344 e. The first-order valence-electron chi connectivity index (χ1n) is 8.45. The summed E-state index contributed by atoms with van der Waals surface area (Å²) >= 11 is 0. The Balaban J connectivity index is 1.84. The summed E-state index contributed by atoms with van der Waals surface area (Å²) in [7, 11) is 1.63. The van der Waals surface area contributed by atoms with E-state index in [1.165, 1.54) is 0 Å². The van der Waals surface area contributed by atoms with Crippen molar-refractivity contribution in [1.29, 1.82) is 0 Å². The van der Waals surface area contributed by atoms with Gasteiger partial charge in [0.05, 0.1) is 18.5 Å². The minimum absolute atomic E-state index is 0.182. The Morgan fingerprint density at radius 1 is 1.15 bits per heavy atom. The topological polar surface area (TPSA) is 65.4 Å². The maximum absolute atomic E-state index is 12.5. The third-order valence-electron chi connectivity index (χ3n) is 4.30. The molecule has 3 aromatic rings. The van der Waals surface area contributed by atoms with Crippen molar-refractivity contribution in [2.24, 2.45) is 0 Å². The van der Waals surface area contributed by atoms with Crippen LogP contribution < -0.4 is 10.1 Å². The van der Waals surface area contributed by atoms with E-state index in [2.05, 4.69) is 10.4 Å². The second-order valence-corrected chi connectivity index (χ2v) is 6.19. The number of hydrogen-bond acceptors (Lipinski definition) is 5. The molecule has 1 N–H and O–H groups in total. The van der Waals surface area contributed by atoms with Crippen LogP contribution in [0.1, 0.15) is 23.0 Å². The van der Waals surface area contributed by atoms with Crippen LogP contribution >= 0.6 is 0 Å². The molecule has 1 aliphatic heterocycles. The average Bonchev–Trinajstić information content (AvgIpc) is 3.01. The van der Waals surface area contributed by atoms with Gasteiger partial charge >= 0.3 is 5.97 Å². The van der Waals surface area contributed by atoms with Crippen molar-refractivity contribution < 1.29 is 14.3 Å². The molecular formula is C20H19N3O3. The number of hydrogen-bond donors (Lipinski definition) is 1. The number of carbonyl (C=O) groups is 1. The molecule has 0 aliphatic carbocycles. The molecule has 0 amide bonds. The number of nitrogens with zero attached hydrogens (tertiary/aromatic N) is 2. The van der Waals surface area contributed by atoms with E-state index in [1.807, 2.05) is 61.5 Å². The molecule has 2 heterocycles. The molecule has 26 heavy (non-hydrogen) atoms. The number of rotatable bonds is 4. The van der Waals surface area contributed by atoms with Crippen LogP contribution in [0.5, 0.6) is 5.75 Å². The summed E-state index contributed by atoms with van der Waals surface area (Å²) in [5, 5.41) is 8.01. The molecule has 0 bridgehead atoms. The van der Waals surface area contributed by atoms with E-state index in [4.69, 9.17) is 9.47 Å². The van der Waals surface area contributed by atoms with E-state index in [0.29, 0.717) is 17.8 Å². The molecule has 1 aromatic heterocycles. The molecule has 6 nitrogen and oxygen atoms in total. The van der Waals surface area contributed by atoms with Gasteiger partial charge < -0.3 is 14.8 Å². The van der Waals surface area contributed by atoms with Gasteiger partial charge in [-0.3, -0.25) is 0 Å². The summed E-state index contributed by atoms with van der Waals surface area (Å²) in [5.74, 6) is 1.02. The molecule has 0 saturated heterocycles. The zero-order valence-electron chi connectivity index (χ0n) is 14.6. The fraction of sp³-hybridized carbons (Fsp3) is 0.200. The van der Waals surface area contributed by atoms with Gasteiger partial charge in [0.2, 0.25) is 0 Å². The van der Waals surface area contributed by atoms with E-state index >= 15 is 0 Å². The predicted molar refractivity (Wildman–Crippen MR) is 98.4 cm³/mol. The highest BCUT2D eigenvalue weighted by Crippen LogP contribution is 2.32. The van der Waals surface area contributed by atoms with Crippen LogP contribution in [0.15, 0.2) is 54.6 Å². The van der Waals surface area contributed by atoms with Crippen LogP contribution in [0, 0.1) is 0 Å².